The van der Waals surface area contributed by atoms with E-state index in [1.807, 2.05) is 13.0 Å². The fraction of sp³-hybridized carbons (Fsp3) is 0.500. The molecule has 1 atom stereocenters. The van der Waals surface area contributed by atoms with Gasteiger partial charge in [-0.25, -0.2) is 0 Å². The number of amides is 1. The first-order valence-electron chi connectivity index (χ1n) is 6.51. The van der Waals surface area contributed by atoms with Crippen molar-refractivity contribution in [2.24, 2.45) is 11.7 Å². The van der Waals surface area contributed by atoms with E-state index in [1.54, 1.807) is 12.1 Å². The maximum atomic E-state index is 11.5. The van der Waals surface area contributed by atoms with Gasteiger partial charge in [-0.1, -0.05) is 17.7 Å². The molecule has 0 spiro atoms. The molecule has 0 heterocycles. The Labute approximate surface area is 118 Å². The van der Waals surface area contributed by atoms with E-state index in [9.17, 15) is 4.79 Å². The minimum absolute atomic E-state index is 0.00996. The average Bonchev–Trinajstić information content (AvgIpc) is 3.18. The van der Waals surface area contributed by atoms with Gasteiger partial charge in [0.2, 0.25) is 0 Å². The van der Waals surface area contributed by atoms with Crippen LogP contribution in [0.2, 0.25) is 5.02 Å². The number of nitrogens with two attached hydrogens (primary N) is 1. The van der Waals surface area contributed by atoms with Crippen molar-refractivity contribution in [3.05, 3.63) is 28.8 Å². The average molecular weight is 283 g/mol. The van der Waals surface area contributed by atoms with Crippen LogP contribution in [0.25, 0.3) is 0 Å². The van der Waals surface area contributed by atoms with Crippen molar-refractivity contribution in [1.82, 2.24) is 5.32 Å². The number of benzene rings is 1. The first kappa shape index (κ1) is 14.2. The fourth-order valence-corrected chi connectivity index (χ4v) is 1.94. The molecule has 0 bridgehead atoms. The predicted molar refractivity (Wildman–Crippen MR) is 75.3 cm³/mol. The normalized spacial score (nSPS) is 15.9. The summed E-state index contributed by atoms with van der Waals surface area (Å²) < 4.78 is 5.40. The van der Waals surface area contributed by atoms with Crippen LogP contribution in [-0.2, 0) is 4.79 Å². The maximum absolute atomic E-state index is 11.5. The highest BCUT2D eigenvalue weighted by Crippen LogP contribution is 2.28. The molecule has 1 aromatic rings. The van der Waals surface area contributed by atoms with Gasteiger partial charge >= 0.3 is 0 Å². The van der Waals surface area contributed by atoms with Crippen LogP contribution >= 0.6 is 11.6 Å². The molecule has 0 aliphatic heterocycles. The maximum Gasteiger partial charge on any atom is 0.257 e. The Hall–Kier alpha value is -1.26. The number of rotatable bonds is 6. The predicted octanol–water partition coefficient (Wildman–Crippen LogP) is 2.26. The van der Waals surface area contributed by atoms with Crippen molar-refractivity contribution in [3.8, 4) is 5.75 Å². The van der Waals surface area contributed by atoms with Gasteiger partial charge in [-0.2, -0.15) is 0 Å². The minimum atomic E-state index is -0.112. The van der Waals surface area contributed by atoms with E-state index in [0.29, 0.717) is 16.7 Å². The summed E-state index contributed by atoms with van der Waals surface area (Å²) >= 11 is 6.08. The number of carbonyl (C=O) groups excluding carboxylic acids is 1. The van der Waals surface area contributed by atoms with Crippen LogP contribution in [0.4, 0.5) is 0 Å². The molecule has 3 N–H and O–H groups in total. The molecule has 1 aromatic carbocycles. The molecular formula is C14H19ClN2O2. The minimum Gasteiger partial charge on any atom is -0.482 e. The second kappa shape index (κ2) is 6.26. The first-order chi connectivity index (χ1) is 9.06. The zero-order valence-corrected chi connectivity index (χ0v) is 11.7. The third kappa shape index (κ3) is 4.40. The monoisotopic (exact) mass is 282 g/mol. The highest BCUT2D eigenvalue weighted by molar-refractivity contribution is 6.32. The van der Waals surface area contributed by atoms with Gasteiger partial charge in [-0.3, -0.25) is 4.79 Å². The van der Waals surface area contributed by atoms with E-state index in [1.165, 1.54) is 12.8 Å². The molecule has 5 heteroatoms. The lowest BCUT2D eigenvalue weighted by atomic mass is 10.1. The first-order valence-corrected chi connectivity index (χ1v) is 6.88. The summed E-state index contributed by atoms with van der Waals surface area (Å²) in [7, 11) is 0. The number of ether oxygens (including phenoxy) is 1. The van der Waals surface area contributed by atoms with Crippen molar-refractivity contribution < 1.29 is 9.53 Å². The largest absolute Gasteiger partial charge is 0.482 e. The Kier molecular flexibility index (Phi) is 4.66. The Morgan fingerprint density at radius 3 is 2.89 bits per heavy atom. The molecule has 1 aliphatic rings. The van der Waals surface area contributed by atoms with Gasteiger partial charge in [0.1, 0.15) is 5.75 Å². The number of hydrogen-bond donors (Lipinski definition) is 2. The van der Waals surface area contributed by atoms with Gasteiger partial charge < -0.3 is 15.8 Å². The van der Waals surface area contributed by atoms with Gasteiger partial charge in [0.05, 0.1) is 5.02 Å². The number of nitrogens with one attached hydrogen (secondary N) is 1. The van der Waals surface area contributed by atoms with Crippen LogP contribution in [0.3, 0.4) is 0 Å². The van der Waals surface area contributed by atoms with Crippen molar-refractivity contribution in [2.45, 2.75) is 25.8 Å². The van der Waals surface area contributed by atoms with Crippen molar-refractivity contribution >= 4 is 17.5 Å². The van der Waals surface area contributed by atoms with E-state index in [4.69, 9.17) is 22.1 Å². The highest BCUT2D eigenvalue weighted by atomic mass is 35.5. The van der Waals surface area contributed by atoms with Crippen LogP contribution in [-0.4, -0.2) is 19.1 Å². The van der Waals surface area contributed by atoms with E-state index in [2.05, 4.69) is 5.32 Å². The second-order valence-electron chi connectivity index (χ2n) is 5.01. The summed E-state index contributed by atoms with van der Waals surface area (Å²) in [5.74, 6) is 1.06. The summed E-state index contributed by atoms with van der Waals surface area (Å²) in [6.45, 7) is 2.63. The van der Waals surface area contributed by atoms with Gasteiger partial charge in [-0.05, 0) is 43.4 Å². The smallest absolute Gasteiger partial charge is 0.257 e. The van der Waals surface area contributed by atoms with Crippen LogP contribution in [0, 0.1) is 5.92 Å². The van der Waals surface area contributed by atoms with E-state index in [-0.39, 0.29) is 18.6 Å². The molecule has 2 rings (SSSR count). The third-order valence-electron chi connectivity index (χ3n) is 3.13. The second-order valence-corrected chi connectivity index (χ2v) is 5.42. The zero-order valence-electron chi connectivity index (χ0n) is 11.0. The molecule has 0 aromatic heterocycles. The Morgan fingerprint density at radius 1 is 1.58 bits per heavy atom. The molecule has 19 heavy (non-hydrogen) atoms. The van der Waals surface area contributed by atoms with Crippen molar-refractivity contribution in [1.29, 1.82) is 0 Å². The number of carbonyl (C=O) groups is 1. The van der Waals surface area contributed by atoms with Gasteiger partial charge in [0, 0.05) is 12.6 Å². The molecule has 1 fully saturated rings. The summed E-state index contributed by atoms with van der Waals surface area (Å²) in [6, 6.07) is 5.29. The number of hydrogen-bond acceptors (Lipinski definition) is 3. The topological polar surface area (TPSA) is 64.3 Å². The van der Waals surface area contributed by atoms with Gasteiger partial charge in [0.15, 0.2) is 6.61 Å². The molecule has 1 saturated carbocycles. The molecule has 104 valence electrons. The molecule has 0 radical (unpaired) electrons. The van der Waals surface area contributed by atoms with Crippen LogP contribution in [0.15, 0.2) is 18.2 Å². The highest BCUT2D eigenvalue weighted by Gasteiger charge is 2.21. The van der Waals surface area contributed by atoms with E-state index < -0.39 is 0 Å². The molecule has 1 aliphatic carbocycles. The summed E-state index contributed by atoms with van der Waals surface area (Å²) in [5, 5.41) is 3.31. The van der Waals surface area contributed by atoms with Crippen molar-refractivity contribution in [3.63, 3.8) is 0 Å². The standard InChI is InChI=1S/C14H19ClN2O2/c1-9(16)11-4-5-13(12(15)6-11)19-8-14(18)17-7-10-2-3-10/h4-6,9-10H,2-3,7-8,16H2,1H3,(H,17,18). The fourth-order valence-electron chi connectivity index (χ4n) is 1.69. The summed E-state index contributed by atoms with van der Waals surface area (Å²) in [4.78, 5) is 11.5. The molecular weight excluding hydrogens is 264 g/mol. The molecule has 4 nitrogen and oxygen atoms in total. The van der Waals surface area contributed by atoms with E-state index in [0.717, 1.165) is 12.1 Å². The van der Waals surface area contributed by atoms with Gasteiger partial charge in [-0.15, -0.1) is 0 Å². The van der Waals surface area contributed by atoms with Gasteiger partial charge in [0.25, 0.3) is 5.91 Å². The Morgan fingerprint density at radius 2 is 2.32 bits per heavy atom. The van der Waals surface area contributed by atoms with Crippen LogP contribution in [0.1, 0.15) is 31.4 Å². The molecule has 1 unspecified atom stereocenters. The third-order valence-corrected chi connectivity index (χ3v) is 3.42. The summed E-state index contributed by atoms with van der Waals surface area (Å²) in [6.07, 6.45) is 2.43. The lowest BCUT2D eigenvalue weighted by Crippen LogP contribution is -2.30. The Bertz CT molecular complexity index is 459. The van der Waals surface area contributed by atoms with Crippen LogP contribution < -0.4 is 15.8 Å². The number of halogens is 1. The quantitative estimate of drug-likeness (QED) is 0.841. The van der Waals surface area contributed by atoms with E-state index >= 15 is 0 Å². The SMILES string of the molecule is CC(N)c1ccc(OCC(=O)NCC2CC2)c(Cl)c1. The summed E-state index contributed by atoms with van der Waals surface area (Å²) in [5.41, 5.74) is 6.71. The lowest BCUT2D eigenvalue weighted by molar-refractivity contribution is -0.123. The lowest BCUT2D eigenvalue weighted by Gasteiger charge is -2.11. The van der Waals surface area contributed by atoms with Crippen LogP contribution in [0.5, 0.6) is 5.75 Å². The molecule has 0 saturated heterocycles. The molecule has 1 amide bonds. The zero-order chi connectivity index (χ0) is 13.8. The van der Waals surface area contributed by atoms with Crippen molar-refractivity contribution in [2.75, 3.05) is 13.2 Å². The Balaban J connectivity index is 1.82.